The summed E-state index contributed by atoms with van der Waals surface area (Å²) in [6, 6.07) is 4.24. The Morgan fingerprint density at radius 3 is 2.64 bits per heavy atom. The van der Waals surface area contributed by atoms with Crippen molar-refractivity contribution in [1.29, 1.82) is 0 Å². The number of aryl methyl sites for hydroxylation is 1. The van der Waals surface area contributed by atoms with Gasteiger partial charge in [0.1, 0.15) is 5.82 Å². The van der Waals surface area contributed by atoms with E-state index < -0.39 is 5.97 Å². The van der Waals surface area contributed by atoms with Crippen molar-refractivity contribution in [2.24, 2.45) is 0 Å². The van der Waals surface area contributed by atoms with Crippen LogP contribution < -0.4 is 0 Å². The number of carbonyl (C=O) groups is 1. The van der Waals surface area contributed by atoms with E-state index in [2.05, 4.69) is 15.9 Å². The van der Waals surface area contributed by atoms with Crippen LogP contribution >= 0.6 is 15.9 Å². The third-order valence-corrected chi connectivity index (χ3v) is 2.36. The van der Waals surface area contributed by atoms with Gasteiger partial charge in [-0.15, -0.1) is 0 Å². The molecule has 78 valence electrons. The first-order valence-electron chi connectivity index (χ1n) is 3.75. The molecule has 0 aromatic heterocycles. The third-order valence-electron chi connectivity index (χ3n) is 1.62. The summed E-state index contributed by atoms with van der Waals surface area (Å²) in [6.07, 6.45) is 0.473. The largest absolute Gasteiger partial charge is 0.481 e. The molecule has 0 radical (unpaired) electrons. The van der Waals surface area contributed by atoms with E-state index in [1.54, 1.807) is 6.07 Å². The van der Waals surface area contributed by atoms with Gasteiger partial charge in [-0.25, -0.2) is 4.39 Å². The fourth-order valence-electron chi connectivity index (χ4n) is 0.966. The number of halogens is 2. The molecule has 5 heteroatoms. The van der Waals surface area contributed by atoms with Crippen LogP contribution in [0.1, 0.15) is 12.0 Å². The topological polar surface area (TPSA) is 37.3 Å². The van der Waals surface area contributed by atoms with Crippen LogP contribution in [0.4, 0.5) is 4.39 Å². The van der Waals surface area contributed by atoms with Crippen LogP contribution in [0.25, 0.3) is 0 Å². The van der Waals surface area contributed by atoms with E-state index in [0.29, 0.717) is 10.9 Å². The van der Waals surface area contributed by atoms with E-state index in [9.17, 15) is 9.18 Å². The van der Waals surface area contributed by atoms with Crippen molar-refractivity contribution in [2.45, 2.75) is 12.8 Å². The molecular formula is C9H8ArBrFO2. The molecule has 1 N–H and O–H groups in total. The van der Waals surface area contributed by atoms with Gasteiger partial charge >= 0.3 is 5.97 Å². The van der Waals surface area contributed by atoms with E-state index >= 15 is 0 Å². The smallest absolute Gasteiger partial charge is 0.303 e. The zero-order valence-corrected chi connectivity index (χ0v) is 9.40. The van der Waals surface area contributed by atoms with E-state index in [-0.39, 0.29) is 50.0 Å². The van der Waals surface area contributed by atoms with Gasteiger partial charge in [0, 0.05) is 48.6 Å². The van der Waals surface area contributed by atoms with Gasteiger partial charge in [0.2, 0.25) is 0 Å². The Bertz CT molecular complexity index is 331. The molecule has 1 aromatic rings. The summed E-state index contributed by atoms with van der Waals surface area (Å²) in [7, 11) is 0. The molecule has 1 aromatic carbocycles. The summed E-state index contributed by atoms with van der Waals surface area (Å²) >= 11 is 3.16. The zero-order chi connectivity index (χ0) is 9.84. The maximum atomic E-state index is 12.6. The summed E-state index contributed by atoms with van der Waals surface area (Å²) in [5.41, 5.74) is 0.809. The van der Waals surface area contributed by atoms with Crippen molar-refractivity contribution >= 4 is 21.9 Å². The summed E-state index contributed by atoms with van der Waals surface area (Å²) in [5.74, 6) is -1.18. The predicted molar refractivity (Wildman–Crippen MR) is 50.1 cm³/mol. The van der Waals surface area contributed by atoms with Crippen LogP contribution in [-0.4, -0.2) is 11.1 Å². The molecule has 0 amide bonds. The first-order valence-corrected chi connectivity index (χ1v) is 4.54. The van der Waals surface area contributed by atoms with Crippen molar-refractivity contribution in [3.8, 4) is 0 Å². The fourth-order valence-corrected chi connectivity index (χ4v) is 1.52. The molecule has 0 spiro atoms. The quantitative estimate of drug-likeness (QED) is 0.927. The number of hydrogen-bond acceptors (Lipinski definition) is 1. The maximum absolute atomic E-state index is 12.6. The van der Waals surface area contributed by atoms with Crippen molar-refractivity contribution < 1.29 is 52.0 Å². The molecule has 0 aliphatic rings. The molecule has 0 aliphatic heterocycles. The molecule has 0 unspecified atom stereocenters. The van der Waals surface area contributed by atoms with Crippen LogP contribution in [0.15, 0.2) is 22.7 Å². The number of hydrogen-bond donors (Lipinski definition) is 1. The molecular weight excluding hydrogens is 279 g/mol. The second-order valence-electron chi connectivity index (χ2n) is 2.63. The molecule has 0 saturated carbocycles. The number of rotatable bonds is 3. The predicted octanol–water partition coefficient (Wildman–Crippen LogP) is 2.61. The van der Waals surface area contributed by atoms with Gasteiger partial charge in [-0.05, 0) is 24.1 Å². The van der Waals surface area contributed by atoms with Crippen LogP contribution in [0.2, 0.25) is 0 Å². The van der Waals surface area contributed by atoms with Crippen LogP contribution in [0.5, 0.6) is 0 Å². The van der Waals surface area contributed by atoms with Gasteiger partial charge in [-0.2, -0.15) is 0 Å². The Balaban J connectivity index is 0.00000169. The molecule has 0 bridgehead atoms. The number of carboxylic acid groups (broad SMARTS) is 1. The maximum Gasteiger partial charge on any atom is 0.303 e. The molecule has 1 rings (SSSR count). The van der Waals surface area contributed by atoms with Crippen molar-refractivity contribution in [3.05, 3.63) is 34.1 Å². The summed E-state index contributed by atoms with van der Waals surface area (Å²) in [6.45, 7) is 0. The first kappa shape index (κ1) is 14.4. The first-order chi connectivity index (χ1) is 6.09. The summed E-state index contributed by atoms with van der Waals surface area (Å²) < 4.78 is 13.2. The minimum absolute atomic E-state index is 0. The molecule has 2 nitrogen and oxygen atoms in total. The van der Waals surface area contributed by atoms with Gasteiger partial charge in [-0.3, -0.25) is 4.79 Å². The second-order valence-corrected chi connectivity index (χ2v) is 3.48. The van der Waals surface area contributed by atoms with Crippen molar-refractivity contribution in [3.63, 3.8) is 0 Å². The molecule has 0 aliphatic carbocycles. The molecule has 0 heterocycles. The van der Waals surface area contributed by atoms with Gasteiger partial charge < -0.3 is 5.11 Å². The Labute approximate surface area is 120 Å². The normalized spacial score (nSPS) is 9.29. The second kappa shape index (κ2) is 6.77. The van der Waals surface area contributed by atoms with E-state index in [1.165, 1.54) is 12.1 Å². The Morgan fingerprint density at radius 2 is 2.14 bits per heavy atom. The number of carboxylic acids is 1. The van der Waals surface area contributed by atoms with Gasteiger partial charge in [-0.1, -0.05) is 22.0 Å². The Hall–Kier alpha value is 0.360. The van der Waals surface area contributed by atoms with Crippen molar-refractivity contribution in [1.82, 2.24) is 0 Å². The Morgan fingerprint density at radius 1 is 1.50 bits per heavy atom. The van der Waals surface area contributed by atoms with E-state index in [1.807, 2.05) is 0 Å². The average Bonchev–Trinajstić information content (AvgIpc) is 2.02. The number of benzene rings is 1. The average molecular weight is 287 g/mol. The van der Waals surface area contributed by atoms with E-state index in [4.69, 9.17) is 5.11 Å². The van der Waals surface area contributed by atoms with Crippen LogP contribution in [0, 0.1) is 43.6 Å². The summed E-state index contributed by atoms with van der Waals surface area (Å²) in [5, 5.41) is 8.43. The monoisotopic (exact) mass is 286 g/mol. The van der Waals surface area contributed by atoms with Crippen LogP contribution in [0.3, 0.4) is 0 Å². The fraction of sp³-hybridized carbons (Fsp3) is 0.222. The standard InChI is InChI=1S/C9H8BrFO2.Ar/c10-8-5-7(11)3-1-6(8)2-4-9(12)13;/h1,3,5H,2,4H2,(H,12,13);. The minimum atomic E-state index is -0.851. The van der Waals surface area contributed by atoms with Gasteiger partial charge in [0.05, 0.1) is 0 Å². The van der Waals surface area contributed by atoms with E-state index in [0.717, 1.165) is 5.56 Å². The van der Waals surface area contributed by atoms with Gasteiger partial charge in [0.25, 0.3) is 0 Å². The van der Waals surface area contributed by atoms with Crippen molar-refractivity contribution in [2.75, 3.05) is 0 Å². The molecule has 14 heavy (non-hydrogen) atoms. The molecule has 0 atom stereocenters. The van der Waals surface area contributed by atoms with Gasteiger partial charge in [0.15, 0.2) is 0 Å². The minimum Gasteiger partial charge on any atom is -0.481 e. The SMILES string of the molecule is O=C(O)CCc1ccc(F)cc1Br.[Ar]. The Kier molecular flexibility index (Phi) is 6.95. The third kappa shape index (κ3) is 4.73. The molecule has 0 fully saturated rings. The van der Waals surface area contributed by atoms with Crippen LogP contribution in [-0.2, 0) is 11.2 Å². The summed E-state index contributed by atoms with van der Waals surface area (Å²) in [4.78, 5) is 10.3. The zero-order valence-electron chi connectivity index (χ0n) is 7.11. The number of aliphatic carboxylic acids is 1. The molecule has 0 saturated heterocycles.